The lowest BCUT2D eigenvalue weighted by molar-refractivity contribution is -0.112. The first kappa shape index (κ1) is 22.7. The van der Waals surface area contributed by atoms with Crippen molar-refractivity contribution in [2.24, 2.45) is 0 Å². The number of rotatable bonds is 8. The Morgan fingerprint density at radius 3 is 2.47 bits per heavy atom. The zero-order chi connectivity index (χ0) is 22.1. The molecule has 0 heterocycles. The molecule has 0 aliphatic rings. The van der Waals surface area contributed by atoms with Crippen molar-refractivity contribution in [1.29, 1.82) is 5.26 Å². The Kier molecular flexibility index (Phi) is 8.18. The third kappa shape index (κ3) is 5.95. The summed E-state index contributed by atoms with van der Waals surface area (Å²) in [6.07, 6.45) is 1.40. The zero-order valence-corrected chi connectivity index (χ0v) is 17.8. The summed E-state index contributed by atoms with van der Waals surface area (Å²) in [5, 5.41) is 15.3. The quantitative estimate of drug-likeness (QED) is 0.385. The van der Waals surface area contributed by atoms with Crippen LogP contribution >= 0.6 is 0 Å². The lowest BCUT2D eigenvalue weighted by atomic mass is 9.98. The summed E-state index contributed by atoms with van der Waals surface area (Å²) in [7, 11) is 0. The number of amides is 1. The molecule has 0 atom stereocenters. The molecule has 6 nitrogen and oxygen atoms in total. The summed E-state index contributed by atoms with van der Waals surface area (Å²) in [4.78, 5) is 24.3. The maximum absolute atomic E-state index is 12.6. The molecule has 2 rings (SSSR count). The van der Waals surface area contributed by atoms with Crippen molar-refractivity contribution >= 4 is 17.6 Å². The maximum Gasteiger partial charge on any atom is 0.338 e. The lowest BCUT2D eigenvalue weighted by Crippen LogP contribution is -2.18. The Morgan fingerprint density at radius 1 is 1.17 bits per heavy atom. The van der Waals surface area contributed by atoms with Crippen molar-refractivity contribution in [2.45, 2.75) is 40.2 Å². The van der Waals surface area contributed by atoms with Gasteiger partial charge in [-0.1, -0.05) is 44.2 Å². The van der Waals surface area contributed by atoms with E-state index in [1.54, 1.807) is 31.2 Å². The lowest BCUT2D eigenvalue weighted by Gasteiger charge is -2.16. The molecular formula is C24H27N3O3. The Balaban J connectivity index is 2.04. The summed E-state index contributed by atoms with van der Waals surface area (Å²) in [6, 6.07) is 14.7. The minimum absolute atomic E-state index is 0.0175. The topological polar surface area (TPSA) is 91.2 Å². The number of hydrogen-bond acceptors (Lipinski definition) is 5. The van der Waals surface area contributed by atoms with Crippen LogP contribution in [0.5, 0.6) is 0 Å². The molecule has 1 amide bonds. The molecule has 0 aliphatic heterocycles. The van der Waals surface area contributed by atoms with E-state index in [9.17, 15) is 14.9 Å². The molecular weight excluding hydrogens is 378 g/mol. The van der Waals surface area contributed by atoms with Crippen molar-refractivity contribution in [3.63, 3.8) is 0 Å². The Hall–Kier alpha value is -3.59. The fourth-order valence-corrected chi connectivity index (χ4v) is 2.92. The monoisotopic (exact) mass is 405 g/mol. The number of nitrogens with one attached hydrogen (secondary N) is 2. The summed E-state index contributed by atoms with van der Waals surface area (Å²) in [5.41, 5.74) is 4.08. The predicted molar refractivity (Wildman–Crippen MR) is 117 cm³/mol. The minimum Gasteiger partial charge on any atom is -0.462 e. The molecule has 2 aromatic carbocycles. The average molecular weight is 405 g/mol. The van der Waals surface area contributed by atoms with Crippen LogP contribution in [0.1, 0.15) is 53.7 Å². The number of aryl methyl sites for hydroxylation is 1. The number of carbonyl (C=O) groups is 2. The third-order valence-corrected chi connectivity index (χ3v) is 4.55. The van der Waals surface area contributed by atoms with Crippen LogP contribution in [0, 0.1) is 18.3 Å². The van der Waals surface area contributed by atoms with E-state index in [0.717, 1.165) is 22.4 Å². The molecule has 0 saturated carbocycles. The van der Waals surface area contributed by atoms with E-state index in [-0.39, 0.29) is 17.5 Å². The highest BCUT2D eigenvalue weighted by molar-refractivity contribution is 6.07. The number of esters is 1. The number of para-hydroxylation sites is 1. The van der Waals surface area contributed by atoms with Crippen LogP contribution < -0.4 is 10.6 Å². The van der Waals surface area contributed by atoms with Gasteiger partial charge >= 0.3 is 5.97 Å². The molecule has 0 radical (unpaired) electrons. The van der Waals surface area contributed by atoms with Crippen LogP contribution in [0.4, 0.5) is 5.69 Å². The normalized spacial score (nSPS) is 11.0. The number of benzene rings is 2. The Morgan fingerprint density at radius 2 is 1.87 bits per heavy atom. The molecule has 0 spiro atoms. The van der Waals surface area contributed by atoms with E-state index in [2.05, 4.69) is 24.5 Å². The summed E-state index contributed by atoms with van der Waals surface area (Å²) >= 11 is 0. The van der Waals surface area contributed by atoms with Gasteiger partial charge in [0.05, 0.1) is 12.2 Å². The van der Waals surface area contributed by atoms with Crippen LogP contribution in [0.25, 0.3) is 0 Å². The first-order valence-electron chi connectivity index (χ1n) is 9.87. The van der Waals surface area contributed by atoms with E-state index in [1.807, 2.05) is 31.2 Å². The van der Waals surface area contributed by atoms with Crippen molar-refractivity contribution in [1.82, 2.24) is 5.32 Å². The molecule has 2 N–H and O–H groups in total. The van der Waals surface area contributed by atoms with E-state index < -0.39 is 5.91 Å². The minimum atomic E-state index is -0.459. The van der Waals surface area contributed by atoms with Crippen molar-refractivity contribution in [3.8, 4) is 6.07 Å². The standard InChI is InChI=1S/C24H27N3O3/c1-5-30-24(29)19-11-9-18(10-12-19)14-26-15-20(13-25)23(28)27-22-17(4)7-6-8-21(22)16(2)3/h6-12,15-16,26H,5,14H2,1-4H3,(H,27,28)/b20-15-. The second-order valence-corrected chi connectivity index (χ2v) is 7.12. The van der Waals surface area contributed by atoms with Gasteiger partial charge in [0, 0.05) is 18.4 Å². The molecule has 0 saturated heterocycles. The smallest absolute Gasteiger partial charge is 0.338 e. The van der Waals surface area contributed by atoms with Gasteiger partial charge in [-0.05, 0) is 48.6 Å². The summed E-state index contributed by atoms with van der Waals surface area (Å²) < 4.78 is 4.96. The zero-order valence-electron chi connectivity index (χ0n) is 17.8. The van der Waals surface area contributed by atoms with Gasteiger partial charge in [-0.25, -0.2) is 4.79 Å². The molecule has 0 bridgehead atoms. The van der Waals surface area contributed by atoms with Gasteiger partial charge in [-0.3, -0.25) is 4.79 Å². The van der Waals surface area contributed by atoms with E-state index in [0.29, 0.717) is 18.7 Å². The van der Waals surface area contributed by atoms with Crippen molar-refractivity contribution in [3.05, 3.63) is 76.5 Å². The molecule has 6 heteroatoms. The fraction of sp³-hybridized carbons (Fsp3) is 0.292. The molecule has 0 aromatic heterocycles. The van der Waals surface area contributed by atoms with Crippen LogP contribution in [-0.2, 0) is 16.1 Å². The first-order valence-corrected chi connectivity index (χ1v) is 9.87. The third-order valence-electron chi connectivity index (χ3n) is 4.55. The molecule has 0 fully saturated rings. The Bertz CT molecular complexity index is 970. The predicted octanol–water partition coefficient (Wildman–Crippen LogP) is 4.43. The average Bonchev–Trinajstić information content (AvgIpc) is 2.73. The number of nitrogens with zero attached hydrogens (tertiary/aromatic N) is 1. The maximum atomic E-state index is 12.6. The molecule has 2 aromatic rings. The molecule has 30 heavy (non-hydrogen) atoms. The van der Waals surface area contributed by atoms with Crippen LogP contribution in [0.3, 0.4) is 0 Å². The van der Waals surface area contributed by atoms with Gasteiger partial charge in [-0.2, -0.15) is 5.26 Å². The van der Waals surface area contributed by atoms with E-state index in [4.69, 9.17) is 4.74 Å². The van der Waals surface area contributed by atoms with Gasteiger partial charge in [0.15, 0.2) is 0 Å². The first-order chi connectivity index (χ1) is 14.4. The van der Waals surface area contributed by atoms with Crippen LogP contribution in [0.15, 0.2) is 54.2 Å². The van der Waals surface area contributed by atoms with Crippen molar-refractivity contribution < 1.29 is 14.3 Å². The SMILES string of the molecule is CCOC(=O)c1ccc(CN/C=C(/C#N)C(=O)Nc2c(C)cccc2C(C)C)cc1. The highest BCUT2D eigenvalue weighted by Gasteiger charge is 2.15. The highest BCUT2D eigenvalue weighted by atomic mass is 16.5. The van der Waals surface area contributed by atoms with Crippen LogP contribution in [0.2, 0.25) is 0 Å². The summed E-state index contributed by atoms with van der Waals surface area (Å²) in [5.74, 6) is -0.582. The molecule has 0 aliphatic carbocycles. The second-order valence-electron chi connectivity index (χ2n) is 7.12. The number of anilines is 1. The number of ether oxygens (including phenoxy) is 1. The molecule has 0 unspecified atom stereocenters. The van der Waals surface area contributed by atoms with Gasteiger partial charge in [0.25, 0.3) is 5.91 Å². The number of hydrogen-bond donors (Lipinski definition) is 2. The number of carbonyl (C=O) groups excluding carboxylic acids is 2. The van der Waals surface area contributed by atoms with Gasteiger partial charge in [-0.15, -0.1) is 0 Å². The largest absolute Gasteiger partial charge is 0.462 e. The molecule has 156 valence electrons. The van der Waals surface area contributed by atoms with Crippen molar-refractivity contribution in [2.75, 3.05) is 11.9 Å². The number of nitriles is 1. The summed E-state index contributed by atoms with van der Waals surface area (Å²) in [6.45, 7) is 8.53. The fourth-order valence-electron chi connectivity index (χ4n) is 2.92. The Labute approximate surface area is 177 Å². The van der Waals surface area contributed by atoms with E-state index >= 15 is 0 Å². The van der Waals surface area contributed by atoms with Crippen LogP contribution in [-0.4, -0.2) is 18.5 Å². The van der Waals surface area contributed by atoms with Gasteiger partial charge in [0.2, 0.25) is 0 Å². The van der Waals surface area contributed by atoms with Gasteiger partial charge < -0.3 is 15.4 Å². The second kappa shape index (κ2) is 10.8. The van der Waals surface area contributed by atoms with Gasteiger partial charge in [0.1, 0.15) is 11.6 Å². The highest BCUT2D eigenvalue weighted by Crippen LogP contribution is 2.27. The van der Waals surface area contributed by atoms with E-state index in [1.165, 1.54) is 6.20 Å².